The first-order valence-electron chi connectivity index (χ1n) is 8.42. The summed E-state index contributed by atoms with van der Waals surface area (Å²) in [7, 11) is 0. The molecule has 1 aliphatic heterocycles. The van der Waals surface area contributed by atoms with E-state index in [9.17, 15) is 14.0 Å². The summed E-state index contributed by atoms with van der Waals surface area (Å²) < 4.78 is 12.8. The molecule has 1 heterocycles. The molecule has 1 N–H and O–H groups in total. The third-order valence-corrected chi connectivity index (χ3v) is 4.27. The Bertz CT molecular complexity index is 864. The van der Waals surface area contributed by atoms with Crippen LogP contribution in [0.4, 0.5) is 10.1 Å². The lowest BCUT2D eigenvalue weighted by atomic mass is 10.1. The lowest BCUT2D eigenvalue weighted by Gasteiger charge is -2.16. The number of nitrogens with zero attached hydrogens (tertiary/aromatic N) is 1. The van der Waals surface area contributed by atoms with Crippen LogP contribution in [0.3, 0.4) is 0 Å². The van der Waals surface area contributed by atoms with Gasteiger partial charge < -0.3 is 10.2 Å². The summed E-state index contributed by atoms with van der Waals surface area (Å²) in [6.45, 7) is 2.54. The first-order chi connectivity index (χ1) is 12.5. The molecule has 2 aromatic rings. The van der Waals surface area contributed by atoms with Gasteiger partial charge in [0, 0.05) is 24.2 Å². The molecule has 4 nitrogen and oxygen atoms in total. The van der Waals surface area contributed by atoms with Crippen LogP contribution in [0, 0.1) is 30.5 Å². The molecule has 5 heteroatoms. The largest absolute Gasteiger partial charge is 0.345 e. The molecule has 0 saturated carbocycles. The molecule has 0 spiro atoms. The van der Waals surface area contributed by atoms with Crippen molar-refractivity contribution in [2.24, 2.45) is 5.92 Å². The van der Waals surface area contributed by atoms with E-state index in [2.05, 4.69) is 17.2 Å². The summed E-state index contributed by atoms with van der Waals surface area (Å²) in [6.07, 6.45) is 0.200. The Morgan fingerprint density at radius 1 is 1.19 bits per heavy atom. The molecule has 1 fully saturated rings. The fourth-order valence-corrected chi connectivity index (χ4v) is 2.81. The van der Waals surface area contributed by atoms with E-state index >= 15 is 0 Å². The Kier molecular flexibility index (Phi) is 5.33. The topological polar surface area (TPSA) is 49.4 Å². The van der Waals surface area contributed by atoms with Gasteiger partial charge in [-0.25, -0.2) is 4.39 Å². The van der Waals surface area contributed by atoms with E-state index in [-0.39, 0.29) is 36.5 Å². The molecule has 0 bridgehead atoms. The minimum atomic E-state index is -0.378. The monoisotopic (exact) mass is 350 g/mol. The molecule has 26 heavy (non-hydrogen) atoms. The number of carbonyl (C=O) groups excluding carboxylic acids is 2. The quantitative estimate of drug-likeness (QED) is 0.866. The summed E-state index contributed by atoms with van der Waals surface area (Å²) >= 11 is 0. The minimum Gasteiger partial charge on any atom is -0.345 e. The van der Waals surface area contributed by atoms with Gasteiger partial charge in [0.25, 0.3) is 0 Å². The highest BCUT2D eigenvalue weighted by Gasteiger charge is 2.34. The van der Waals surface area contributed by atoms with Crippen LogP contribution in [0.25, 0.3) is 0 Å². The van der Waals surface area contributed by atoms with Gasteiger partial charge in [0.05, 0.1) is 12.5 Å². The van der Waals surface area contributed by atoms with Gasteiger partial charge in [-0.1, -0.05) is 29.5 Å². The van der Waals surface area contributed by atoms with Crippen molar-refractivity contribution in [2.75, 3.05) is 18.0 Å². The maximum absolute atomic E-state index is 12.8. The highest BCUT2D eigenvalue weighted by atomic mass is 19.1. The summed E-state index contributed by atoms with van der Waals surface area (Å²) in [5.74, 6) is 4.77. The summed E-state index contributed by atoms with van der Waals surface area (Å²) in [5.41, 5.74) is 2.61. The average Bonchev–Trinajstić information content (AvgIpc) is 3.02. The molecule has 3 rings (SSSR count). The van der Waals surface area contributed by atoms with Crippen molar-refractivity contribution in [2.45, 2.75) is 13.3 Å². The van der Waals surface area contributed by atoms with Crippen molar-refractivity contribution in [3.8, 4) is 11.8 Å². The number of aryl methyl sites for hydroxylation is 1. The van der Waals surface area contributed by atoms with Crippen LogP contribution in [0.2, 0.25) is 0 Å². The first-order valence-corrected chi connectivity index (χ1v) is 8.42. The Morgan fingerprint density at radius 2 is 1.88 bits per heavy atom. The van der Waals surface area contributed by atoms with Crippen LogP contribution < -0.4 is 10.2 Å². The maximum Gasteiger partial charge on any atom is 0.227 e. The third kappa shape index (κ3) is 4.28. The van der Waals surface area contributed by atoms with Crippen LogP contribution in [0.5, 0.6) is 0 Å². The van der Waals surface area contributed by atoms with Gasteiger partial charge in [0.15, 0.2) is 0 Å². The third-order valence-electron chi connectivity index (χ3n) is 4.27. The van der Waals surface area contributed by atoms with Crippen molar-refractivity contribution in [3.63, 3.8) is 0 Å². The van der Waals surface area contributed by atoms with Crippen molar-refractivity contribution in [1.29, 1.82) is 0 Å². The van der Waals surface area contributed by atoms with Crippen LogP contribution in [-0.4, -0.2) is 24.9 Å². The lowest BCUT2D eigenvalue weighted by Crippen LogP contribution is -2.33. The molecule has 1 saturated heterocycles. The molecule has 1 unspecified atom stereocenters. The van der Waals surface area contributed by atoms with Gasteiger partial charge in [-0.15, -0.1) is 0 Å². The number of hydrogen-bond donors (Lipinski definition) is 1. The highest BCUT2D eigenvalue weighted by Crippen LogP contribution is 2.25. The van der Waals surface area contributed by atoms with E-state index in [0.29, 0.717) is 12.1 Å². The fourth-order valence-electron chi connectivity index (χ4n) is 2.81. The van der Waals surface area contributed by atoms with Crippen molar-refractivity contribution >= 4 is 17.5 Å². The van der Waals surface area contributed by atoms with Crippen LogP contribution >= 0.6 is 0 Å². The van der Waals surface area contributed by atoms with Crippen molar-refractivity contribution in [1.82, 2.24) is 5.32 Å². The molecule has 2 amide bonds. The van der Waals surface area contributed by atoms with Gasteiger partial charge in [0.1, 0.15) is 5.82 Å². The van der Waals surface area contributed by atoms with Gasteiger partial charge >= 0.3 is 0 Å². The van der Waals surface area contributed by atoms with E-state index in [1.54, 1.807) is 17.0 Å². The van der Waals surface area contributed by atoms with Gasteiger partial charge in [-0.05, 0) is 43.3 Å². The number of nitrogens with one attached hydrogen (secondary N) is 1. The van der Waals surface area contributed by atoms with E-state index in [1.165, 1.54) is 12.1 Å². The molecule has 1 aliphatic rings. The summed E-state index contributed by atoms with van der Waals surface area (Å²) in [6, 6.07) is 13.5. The number of halogens is 1. The second kappa shape index (κ2) is 7.83. The lowest BCUT2D eigenvalue weighted by molar-refractivity contribution is -0.126. The Morgan fingerprint density at radius 3 is 2.58 bits per heavy atom. The van der Waals surface area contributed by atoms with E-state index in [4.69, 9.17) is 0 Å². The molecular weight excluding hydrogens is 331 g/mol. The molecule has 0 radical (unpaired) electrons. The Labute approximate surface area is 152 Å². The van der Waals surface area contributed by atoms with Gasteiger partial charge in [0.2, 0.25) is 11.8 Å². The standard InChI is InChI=1S/C21H19FN2O2/c1-15-4-10-19(11-5-15)24-14-17(13-20(24)25)21(26)23-12-2-3-16-6-8-18(22)9-7-16/h4-11,17H,12-14H2,1H3,(H,23,26). The van der Waals surface area contributed by atoms with Crippen molar-refractivity contribution < 1.29 is 14.0 Å². The van der Waals surface area contributed by atoms with E-state index in [1.807, 2.05) is 31.2 Å². The molecule has 1 atom stereocenters. The number of amides is 2. The minimum absolute atomic E-state index is 0.0496. The zero-order valence-electron chi connectivity index (χ0n) is 14.5. The normalized spacial score (nSPS) is 16.2. The molecule has 132 valence electrons. The summed E-state index contributed by atoms with van der Waals surface area (Å²) in [4.78, 5) is 26.1. The smallest absolute Gasteiger partial charge is 0.227 e. The van der Waals surface area contributed by atoms with Crippen LogP contribution in [0.15, 0.2) is 48.5 Å². The molecule has 0 aromatic heterocycles. The first kappa shape index (κ1) is 17.7. The van der Waals surface area contributed by atoms with Gasteiger partial charge in [-0.3, -0.25) is 9.59 Å². The number of carbonyl (C=O) groups is 2. The fraction of sp³-hybridized carbons (Fsp3) is 0.238. The van der Waals surface area contributed by atoms with E-state index < -0.39 is 0 Å². The Balaban J connectivity index is 1.53. The zero-order chi connectivity index (χ0) is 18.5. The number of rotatable bonds is 3. The average molecular weight is 350 g/mol. The molecular formula is C21H19FN2O2. The second-order valence-electron chi connectivity index (χ2n) is 6.27. The molecule has 2 aromatic carbocycles. The summed E-state index contributed by atoms with van der Waals surface area (Å²) in [5, 5.41) is 2.74. The number of anilines is 1. The Hall–Kier alpha value is -3.13. The zero-order valence-corrected chi connectivity index (χ0v) is 14.5. The highest BCUT2D eigenvalue weighted by molar-refractivity contribution is 6.00. The van der Waals surface area contributed by atoms with Crippen LogP contribution in [-0.2, 0) is 9.59 Å². The van der Waals surface area contributed by atoms with Crippen LogP contribution in [0.1, 0.15) is 17.5 Å². The number of hydrogen-bond acceptors (Lipinski definition) is 2. The van der Waals surface area contributed by atoms with Gasteiger partial charge in [-0.2, -0.15) is 0 Å². The van der Waals surface area contributed by atoms with E-state index in [0.717, 1.165) is 11.3 Å². The predicted octanol–water partition coefficient (Wildman–Crippen LogP) is 2.65. The maximum atomic E-state index is 12.8. The predicted molar refractivity (Wildman–Crippen MR) is 97.9 cm³/mol. The molecule has 0 aliphatic carbocycles. The second-order valence-corrected chi connectivity index (χ2v) is 6.27. The van der Waals surface area contributed by atoms with Crippen molar-refractivity contribution in [3.05, 3.63) is 65.5 Å². The SMILES string of the molecule is Cc1ccc(N2CC(C(=O)NCC#Cc3ccc(F)cc3)CC2=O)cc1. The number of benzene rings is 2.